The number of furan rings is 1. The average molecular weight is 343 g/mol. The zero-order valence-corrected chi connectivity index (χ0v) is 13.8. The molecule has 0 N–H and O–H groups in total. The minimum Gasteiger partial charge on any atom is -0.438 e. The highest BCUT2D eigenvalue weighted by Gasteiger charge is 2.27. The van der Waals surface area contributed by atoms with Gasteiger partial charge in [0.2, 0.25) is 5.88 Å². The van der Waals surface area contributed by atoms with Crippen LogP contribution in [0.2, 0.25) is 0 Å². The summed E-state index contributed by atoms with van der Waals surface area (Å²) in [5.74, 6) is -0.630. The molecule has 0 spiro atoms. The summed E-state index contributed by atoms with van der Waals surface area (Å²) < 4.78 is 57.1. The van der Waals surface area contributed by atoms with Gasteiger partial charge in [-0.2, -0.15) is 0 Å². The Hall–Kier alpha value is -1.89. The number of sulfonamides is 1. The van der Waals surface area contributed by atoms with Gasteiger partial charge >= 0.3 is 0 Å². The lowest BCUT2D eigenvalue weighted by Crippen LogP contribution is -2.31. The Bertz CT molecular complexity index is 739. The van der Waals surface area contributed by atoms with Crippen LogP contribution in [-0.2, 0) is 10.0 Å². The van der Waals surface area contributed by atoms with Gasteiger partial charge in [-0.05, 0) is 31.5 Å². The summed E-state index contributed by atoms with van der Waals surface area (Å²) in [5, 5.41) is 0. The number of anilines is 1. The van der Waals surface area contributed by atoms with Crippen LogP contribution in [0.25, 0.3) is 0 Å². The molecule has 23 heavy (non-hydrogen) atoms. The number of alkyl halides is 2. The second-order valence-corrected chi connectivity index (χ2v) is 7.08. The number of halogens is 2. The van der Waals surface area contributed by atoms with Crippen LogP contribution in [0.4, 0.5) is 14.7 Å². The van der Waals surface area contributed by atoms with Gasteiger partial charge in [0.1, 0.15) is 0 Å². The van der Waals surface area contributed by atoms with Crippen molar-refractivity contribution in [3.05, 3.63) is 47.7 Å². The molecule has 4 nitrogen and oxygen atoms in total. The van der Waals surface area contributed by atoms with E-state index in [0.717, 1.165) is 22.4 Å². The maximum atomic E-state index is 12.8. The lowest BCUT2D eigenvalue weighted by Gasteiger charge is -2.21. The van der Waals surface area contributed by atoms with Crippen molar-refractivity contribution >= 4 is 15.9 Å². The van der Waals surface area contributed by atoms with Crippen molar-refractivity contribution in [2.45, 2.75) is 38.0 Å². The molecule has 0 aliphatic rings. The van der Waals surface area contributed by atoms with E-state index in [4.69, 9.17) is 4.42 Å². The highest BCUT2D eigenvalue weighted by atomic mass is 32.2. The maximum Gasteiger partial charge on any atom is 0.295 e. The molecule has 0 saturated carbocycles. The fraction of sp³-hybridized carbons (Fsp3) is 0.375. The smallest absolute Gasteiger partial charge is 0.295 e. The molecule has 0 radical (unpaired) electrons. The van der Waals surface area contributed by atoms with E-state index in [-0.39, 0.29) is 17.3 Å². The van der Waals surface area contributed by atoms with Crippen molar-refractivity contribution in [3.63, 3.8) is 0 Å². The normalized spacial score (nSPS) is 11.9. The van der Waals surface area contributed by atoms with Crippen LogP contribution in [0.1, 0.15) is 37.5 Å². The van der Waals surface area contributed by atoms with Gasteiger partial charge in [-0.15, -0.1) is 0 Å². The Morgan fingerprint density at radius 3 is 2.30 bits per heavy atom. The van der Waals surface area contributed by atoms with Crippen LogP contribution < -0.4 is 4.31 Å². The summed E-state index contributed by atoms with van der Waals surface area (Å²) in [5.41, 5.74) is 0.932. The molecule has 7 heteroatoms. The van der Waals surface area contributed by atoms with E-state index in [1.54, 1.807) is 12.1 Å². The van der Waals surface area contributed by atoms with Crippen LogP contribution in [0, 0.1) is 6.92 Å². The summed E-state index contributed by atoms with van der Waals surface area (Å²) in [6.07, 6.45) is -1.42. The summed E-state index contributed by atoms with van der Waals surface area (Å²) >= 11 is 0. The largest absolute Gasteiger partial charge is 0.438 e. The first-order valence-corrected chi connectivity index (χ1v) is 8.77. The highest BCUT2D eigenvalue weighted by Crippen LogP contribution is 2.30. The van der Waals surface area contributed by atoms with Gasteiger partial charge in [0, 0.05) is 12.6 Å². The first-order chi connectivity index (χ1) is 10.9. The van der Waals surface area contributed by atoms with Crippen LogP contribution in [-0.4, -0.2) is 15.0 Å². The Labute approximate surface area is 134 Å². The maximum absolute atomic E-state index is 12.8. The van der Waals surface area contributed by atoms with Gasteiger partial charge in [-0.25, -0.2) is 21.5 Å². The summed E-state index contributed by atoms with van der Waals surface area (Å²) in [6.45, 7) is 3.94. The summed E-state index contributed by atoms with van der Waals surface area (Å²) in [6, 6.07) is 8.75. The average Bonchev–Trinajstić information content (AvgIpc) is 2.97. The third-order valence-electron chi connectivity index (χ3n) is 3.40. The summed E-state index contributed by atoms with van der Waals surface area (Å²) in [7, 11) is -3.86. The molecule has 0 unspecified atom stereocenters. The number of benzene rings is 1. The fourth-order valence-corrected chi connectivity index (χ4v) is 3.52. The van der Waals surface area contributed by atoms with Gasteiger partial charge in [0.25, 0.3) is 16.4 Å². The van der Waals surface area contributed by atoms with E-state index in [9.17, 15) is 17.2 Å². The lowest BCUT2D eigenvalue weighted by atomic mass is 10.2. The highest BCUT2D eigenvalue weighted by molar-refractivity contribution is 7.92. The molecule has 0 saturated heterocycles. The molecular weight excluding hydrogens is 324 g/mol. The van der Waals surface area contributed by atoms with Gasteiger partial charge in [0.15, 0.2) is 5.76 Å². The van der Waals surface area contributed by atoms with Gasteiger partial charge < -0.3 is 4.42 Å². The van der Waals surface area contributed by atoms with Crippen molar-refractivity contribution in [2.24, 2.45) is 0 Å². The predicted octanol–water partition coefficient (Wildman–Crippen LogP) is 4.52. The molecule has 126 valence electrons. The molecule has 0 bridgehead atoms. The number of hydrogen-bond acceptors (Lipinski definition) is 3. The Balaban J connectivity index is 2.41. The van der Waals surface area contributed by atoms with Crippen molar-refractivity contribution < 1.29 is 21.6 Å². The molecule has 0 fully saturated rings. The molecule has 1 aromatic heterocycles. The second-order valence-electron chi connectivity index (χ2n) is 5.22. The molecule has 0 amide bonds. The standard InChI is InChI=1S/C16H19F2NO3S/c1-3-4-11-19(15-10-9-14(22-15)16(17)18)23(20,21)13-7-5-12(2)6-8-13/h5-10,16H,3-4,11H2,1-2H3. The van der Waals surface area contributed by atoms with Crippen molar-refractivity contribution in [3.8, 4) is 0 Å². The Kier molecular flexibility index (Phi) is 5.41. The second kappa shape index (κ2) is 7.12. The van der Waals surface area contributed by atoms with E-state index in [0.29, 0.717) is 6.42 Å². The Morgan fingerprint density at radius 1 is 1.13 bits per heavy atom. The number of unbranched alkanes of at least 4 members (excludes halogenated alkanes) is 1. The van der Waals surface area contributed by atoms with Crippen LogP contribution in [0.5, 0.6) is 0 Å². The van der Waals surface area contributed by atoms with Crippen LogP contribution in [0.3, 0.4) is 0 Å². The minimum atomic E-state index is -3.86. The van der Waals surface area contributed by atoms with E-state index < -0.39 is 22.2 Å². The van der Waals surface area contributed by atoms with Gasteiger partial charge in [-0.1, -0.05) is 31.0 Å². The number of nitrogens with zero attached hydrogens (tertiary/aromatic N) is 1. The first kappa shape index (κ1) is 17.5. The number of hydrogen-bond donors (Lipinski definition) is 0. The molecular formula is C16H19F2NO3S. The molecule has 1 aromatic carbocycles. The molecule has 2 aromatic rings. The molecule has 1 heterocycles. The quantitative estimate of drug-likeness (QED) is 0.742. The van der Waals surface area contributed by atoms with E-state index in [1.165, 1.54) is 18.2 Å². The third-order valence-corrected chi connectivity index (χ3v) is 5.21. The summed E-state index contributed by atoms with van der Waals surface area (Å²) in [4.78, 5) is 0.106. The molecule has 0 atom stereocenters. The van der Waals surface area contributed by atoms with E-state index >= 15 is 0 Å². The monoisotopic (exact) mass is 343 g/mol. The first-order valence-electron chi connectivity index (χ1n) is 7.33. The zero-order chi connectivity index (χ0) is 17.0. The van der Waals surface area contributed by atoms with E-state index in [1.807, 2.05) is 13.8 Å². The van der Waals surface area contributed by atoms with Gasteiger partial charge in [0.05, 0.1) is 4.90 Å². The lowest BCUT2D eigenvalue weighted by molar-refractivity contribution is 0.122. The topological polar surface area (TPSA) is 50.5 Å². The van der Waals surface area contributed by atoms with Crippen LogP contribution in [0.15, 0.2) is 45.7 Å². The van der Waals surface area contributed by atoms with Crippen molar-refractivity contribution in [1.29, 1.82) is 0 Å². The zero-order valence-electron chi connectivity index (χ0n) is 13.0. The molecule has 0 aliphatic carbocycles. The number of aryl methyl sites for hydroxylation is 1. The predicted molar refractivity (Wildman–Crippen MR) is 84.3 cm³/mol. The van der Waals surface area contributed by atoms with Crippen molar-refractivity contribution in [1.82, 2.24) is 0 Å². The van der Waals surface area contributed by atoms with Gasteiger partial charge in [-0.3, -0.25) is 0 Å². The molecule has 2 rings (SSSR count). The van der Waals surface area contributed by atoms with Crippen molar-refractivity contribution in [2.75, 3.05) is 10.8 Å². The third kappa shape index (κ3) is 3.90. The Morgan fingerprint density at radius 2 is 1.78 bits per heavy atom. The fourth-order valence-electron chi connectivity index (χ4n) is 2.08. The van der Waals surface area contributed by atoms with Crippen LogP contribution >= 0.6 is 0 Å². The molecule has 0 aliphatic heterocycles. The number of rotatable bonds is 7. The van der Waals surface area contributed by atoms with E-state index in [2.05, 4.69) is 0 Å². The SMILES string of the molecule is CCCCN(c1ccc(C(F)F)o1)S(=O)(=O)c1ccc(C)cc1. The minimum absolute atomic E-state index is 0.0886.